The van der Waals surface area contributed by atoms with Crippen LogP contribution in [-0.2, 0) is 6.54 Å². The molecule has 0 unspecified atom stereocenters. The number of pyridine rings is 1. The van der Waals surface area contributed by atoms with Crippen molar-refractivity contribution in [3.05, 3.63) is 83.9 Å². The van der Waals surface area contributed by atoms with Gasteiger partial charge in [0, 0.05) is 56.2 Å². The molecule has 9 heteroatoms. The van der Waals surface area contributed by atoms with Crippen molar-refractivity contribution in [2.24, 2.45) is 0 Å². The number of methoxy groups -OCH3 is 1. The van der Waals surface area contributed by atoms with Crippen molar-refractivity contribution in [2.75, 3.05) is 33.3 Å². The number of carbonyl (C=O) groups excluding carboxylic acids is 1. The molecule has 0 radical (unpaired) electrons. The maximum atomic E-state index is 13.7. The van der Waals surface area contributed by atoms with Gasteiger partial charge in [-0.3, -0.25) is 14.7 Å². The van der Waals surface area contributed by atoms with Crippen molar-refractivity contribution in [1.29, 1.82) is 0 Å². The number of hydrogen-bond donors (Lipinski definition) is 0. The summed E-state index contributed by atoms with van der Waals surface area (Å²) in [4.78, 5) is 25.5. The number of halogens is 1. The summed E-state index contributed by atoms with van der Waals surface area (Å²) >= 11 is 0. The van der Waals surface area contributed by atoms with Gasteiger partial charge in [0.25, 0.3) is 11.8 Å². The zero-order chi connectivity index (χ0) is 24.2. The number of amides is 1. The number of aromatic nitrogens is 3. The Morgan fingerprint density at radius 2 is 1.86 bits per heavy atom. The first-order valence-electron chi connectivity index (χ1n) is 11.3. The third-order valence-electron chi connectivity index (χ3n) is 6.01. The van der Waals surface area contributed by atoms with Crippen LogP contribution in [0.5, 0.6) is 5.75 Å². The standard InChI is InChI=1S/C26H24FN5O3/c1-34-23-15-20(8-9-22(23)27)26(33)32-13-11-31(12-14-32)17-18-4-6-19(7-5-18)24-29-25(35-30-24)21-3-2-10-28-16-21/h2-10,15-16H,11-14,17H2,1H3. The minimum atomic E-state index is -0.479. The maximum absolute atomic E-state index is 13.7. The van der Waals surface area contributed by atoms with E-state index in [1.165, 1.54) is 25.3 Å². The predicted octanol–water partition coefficient (Wildman–Crippen LogP) is 3.90. The molecule has 1 fully saturated rings. The van der Waals surface area contributed by atoms with Crippen LogP contribution >= 0.6 is 0 Å². The van der Waals surface area contributed by atoms with Crippen LogP contribution < -0.4 is 4.74 Å². The topological polar surface area (TPSA) is 84.6 Å². The summed E-state index contributed by atoms with van der Waals surface area (Å²) in [6.07, 6.45) is 3.38. The molecule has 1 aliphatic rings. The lowest BCUT2D eigenvalue weighted by molar-refractivity contribution is 0.0628. The highest BCUT2D eigenvalue weighted by Crippen LogP contribution is 2.23. The number of carbonyl (C=O) groups is 1. The summed E-state index contributed by atoms with van der Waals surface area (Å²) in [6.45, 7) is 3.50. The molecule has 8 nitrogen and oxygen atoms in total. The summed E-state index contributed by atoms with van der Waals surface area (Å²) in [7, 11) is 1.39. The first-order valence-corrected chi connectivity index (χ1v) is 11.3. The normalized spacial score (nSPS) is 14.2. The van der Waals surface area contributed by atoms with Gasteiger partial charge in [0.1, 0.15) is 0 Å². The van der Waals surface area contributed by atoms with Crippen LogP contribution in [0.3, 0.4) is 0 Å². The highest BCUT2D eigenvalue weighted by atomic mass is 19.1. The first kappa shape index (κ1) is 22.7. The van der Waals surface area contributed by atoms with Crippen LogP contribution in [0, 0.1) is 5.82 Å². The molecule has 1 amide bonds. The molecular formula is C26H24FN5O3. The zero-order valence-corrected chi connectivity index (χ0v) is 19.2. The highest BCUT2D eigenvalue weighted by molar-refractivity contribution is 5.94. The average molecular weight is 474 g/mol. The second kappa shape index (κ2) is 10.0. The fourth-order valence-electron chi connectivity index (χ4n) is 4.05. The number of benzene rings is 2. The van der Waals surface area contributed by atoms with Gasteiger partial charge in [-0.15, -0.1) is 0 Å². The minimum Gasteiger partial charge on any atom is -0.494 e. The molecule has 1 saturated heterocycles. The van der Waals surface area contributed by atoms with E-state index in [-0.39, 0.29) is 11.7 Å². The molecule has 178 valence electrons. The molecule has 35 heavy (non-hydrogen) atoms. The Morgan fingerprint density at radius 1 is 1.06 bits per heavy atom. The fourth-order valence-corrected chi connectivity index (χ4v) is 4.05. The molecule has 2 aromatic heterocycles. The van der Waals surface area contributed by atoms with Crippen molar-refractivity contribution >= 4 is 5.91 Å². The van der Waals surface area contributed by atoms with Gasteiger partial charge >= 0.3 is 0 Å². The number of hydrogen-bond acceptors (Lipinski definition) is 7. The quantitative estimate of drug-likeness (QED) is 0.420. The SMILES string of the molecule is COc1cc(C(=O)N2CCN(Cc3ccc(-c4noc(-c5cccnc5)n4)cc3)CC2)ccc1F. The van der Waals surface area contributed by atoms with Crippen LogP contribution in [0.15, 0.2) is 71.5 Å². The van der Waals surface area contributed by atoms with E-state index in [1.807, 2.05) is 24.3 Å². The monoisotopic (exact) mass is 473 g/mol. The molecule has 4 aromatic rings. The second-order valence-corrected chi connectivity index (χ2v) is 8.28. The van der Waals surface area contributed by atoms with Gasteiger partial charge in [-0.1, -0.05) is 29.4 Å². The summed E-state index contributed by atoms with van der Waals surface area (Å²) in [5.41, 5.74) is 3.24. The minimum absolute atomic E-state index is 0.0760. The average Bonchev–Trinajstić information content (AvgIpc) is 3.40. The van der Waals surface area contributed by atoms with Crippen molar-refractivity contribution < 1.29 is 18.4 Å². The van der Waals surface area contributed by atoms with Gasteiger partial charge in [-0.05, 0) is 35.9 Å². The van der Waals surface area contributed by atoms with Crippen LogP contribution in [0.2, 0.25) is 0 Å². The van der Waals surface area contributed by atoms with E-state index in [9.17, 15) is 9.18 Å². The van der Waals surface area contributed by atoms with Crippen molar-refractivity contribution in [2.45, 2.75) is 6.54 Å². The van der Waals surface area contributed by atoms with Gasteiger partial charge < -0.3 is 14.2 Å². The molecule has 0 saturated carbocycles. The van der Waals surface area contributed by atoms with Crippen molar-refractivity contribution in [1.82, 2.24) is 24.9 Å². The Hall–Kier alpha value is -4.11. The number of nitrogens with zero attached hydrogens (tertiary/aromatic N) is 5. The zero-order valence-electron chi connectivity index (χ0n) is 19.2. The summed E-state index contributed by atoms with van der Waals surface area (Å²) < 4.78 is 24.0. The largest absolute Gasteiger partial charge is 0.494 e. The van der Waals surface area contributed by atoms with Crippen LogP contribution in [0.25, 0.3) is 22.8 Å². The van der Waals surface area contributed by atoms with Crippen LogP contribution in [-0.4, -0.2) is 64.1 Å². The Balaban J connectivity index is 1.17. The molecule has 0 bridgehead atoms. The van der Waals surface area contributed by atoms with Crippen molar-refractivity contribution in [3.8, 4) is 28.6 Å². The second-order valence-electron chi connectivity index (χ2n) is 8.28. The fraction of sp³-hybridized carbons (Fsp3) is 0.231. The number of piperazine rings is 1. The van der Waals surface area contributed by atoms with Crippen molar-refractivity contribution in [3.63, 3.8) is 0 Å². The van der Waals surface area contributed by atoms with Gasteiger partial charge in [-0.2, -0.15) is 4.98 Å². The lowest BCUT2D eigenvalue weighted by Gasteiger charge is -2.34. The molecule has 5 rings (SSSR count). The Kier molecular flexibility index (Phi) is 6.49. The van der Waals surface area contributed by atoms with E-state index in [1.54, 1.807) is 17.3 Å². The molecule has 0 aliphatic carbocycles. The number of ether oxygens (including phenoxy) is 1. The Bertz CT molecular complexity index is 1300. The molecule has 0 spiro atoms. The Morgan fingerprint density at radius 3 is 2.57 bits per heavy atom. The van der Waals surface area contributed by atoms with Gasteiger partial charge in [0.2, 0.25) is 5.82 Å². The van der Waals surface area contributed by atoms with Gasteiger partial charge in [0.15, 0.2) is 11.6 Å². The van der Waals surface area contributed by atoms with E-state index in [0.29, 0.717) is 30.4 Å². The molecule has 0 N–H and O–H groups in total. The molecule has 3 heterocycles. The molecule has 1 aliphatic heterocycles. The first-order chi connectivity index (χ1) is 17.1. The van der Waals surface area contributed by atoms with E-state index in [4.69, 9.17) is 9.26 Å². The lowest BCUT2D eigenvalue weighted by atomic mass is 10.1. The molecule has 2 aromatic carbocycles. The lowest BCUT2D eigenvalue weighted by Crippen LogP contribution is -2.48. The third-order valence-corrected chi connectivity index (χ3v) is 6.01. The third kappa shape index (κ3) is 5.04. The molecular weight excluding hydrogens is 449 g/mol. The van der Waals surface area contributed by atoms with E-state index >= 15 is 0 Å². The van der Waals surface area contributed by atoms with Crippen LogP contribution in [0.4, 0.5) is 4.39 Å². The molecule has 0 atom stereocenters. The van der Waals surface area contributed by atoms with E-state index < -0.39 is 5.82 Å². The summed E-state index contributed by atoms with van der Waals surface area (Å²) in [6, 6.07) is 16.0. The maximum Gasteiger partial charge on any atom is 0.259 e. The summed E-state index contributed by atoms with van der Waals surface area (Å²) in [5.74, 6) is 0.446. The predicted molar refractivity (Wildman–Crippen MR) is 127 cm³/mol. The van der Waals surface area contributed by atoms with Gasteiger partial charge in [0.05, 0.1) is 12.7 Å². The van der Waals surface area contributed by atoms with Gasteiger partial charge in [-0.25, -0.2) is 4.39 Å². The van der Waals surface area contributed by atoms with Crippen LogP contribution in [0.1, 0.15) is 15.9 Å². The highest BCUT2D eigenvalue weighted by Gasteiger charge is 2.23. The number of rotatable bonds is 6. The smallest absolute Gasteiger partial charge is 0.259 e. The summed E-state index contributed by atoms with van der Waals surface area (Å²) in [5, 5.41) is 4.08. The van der Waals surface area contributed by atoms with E-state index in [2.05, 4.69) is 32.2 Å². The van der Waals surface area contributed by atoms with E-state index in [0.717, 1.165) is 36.3 Å². The Labute approximate surface area is 202 Å².